The number of imidazole rings is 1. The summed E-state index contributed by atoms with van der Waals surface area (Å²) in [4.78, 5) is 12.7. The van der Waals surface area contributed by atoms with Crippen LogP contribution in [0.5, 0.6) is 0 Å². The molecule has 0 fully saturated rings. The molecule has 0 saturated carbocycles. The summed E-state index contributed by atoms with van der Waals surface area (Å²) in [6.45, 7) is 6.79. The maximum atomic E-state index is 12.8. The average molecular weight is 373 g/mol. The van der Waals surface area contributed by atoms with Crippen LogP contribution in [0.1, 0.15) is 25.0 Å². The molecule has 1 N–H and O–H groups in total. The number of nitrogens with zero attached hydrogens (tertiary/aromatic N) is 2. The maximum Gasteiger partial charge on any atom is 0.329 e. The summed E-state index contributed by atoms with van der Waals surface area (Å²) in [6, 6.07) is 12.8. The molecule has 0 amide bonds. The van der Waals surface area contributed by atoms with Crippen LogP contribution in [-0.2, 0) is 29.7 Å². The molecule has 3 rings (SSSR count). The first kappa shape index (κ1) is 18.4. The van der Waals surface area contributed by atoms with Crippen molar-refractivity contribution in [2.24, 2.45) is 0 Å². The molecule has 1 heterocycles. The second-order valence-electron chi connectivity index (χ2n) is 6.19. The summed E-state index contributed by atoms with van der Waals surface area (Å²) >= 11 is 0. The van der Waals surface area contributed by atoms with Crippen LogP contribution in [0.15, 0.2) is 52.2 Å². The third-order valence-corrected chi connectivity index (χ3v) is 6.09. The number of hydrogen-bond acceptors (Lipinski definition) is 3. The second-order valence-corrected chi connectivity index (χ2v) is 7.92. The van der Waals surface area contributed by atoms with Crippen LogP contribution in [0.4, 0.5) is 0 Å². The Bertz CT molecular complexity index is 1100. The lowest BCUT2D eigenvalue weighted by molar-refractivity contribution is 0.580. The van der Waals surface area contributed by atoms with E-state index in [1.54, 1.807) is 28.2 Å². The lowest BCUT2D eigenvalue weighted by Gasteiger charge is -2.11. The van der Waals surface area contributed by atoms with E-state index in [4.69, 9.17) is 0 Å². The lowest BCUT2D eigenvalue weighted by atomic mass is 10.2. The number of rotatable bonds is 6. The lowest BCUT2D eigenvalue weighted by Crippen LogP contribution is -2.24. The fraction of sp³-hybridized carbons (Fsp3) is 0.316. The molecule has 0 spiro atoms. The van der Waals surface area contributed by atoms with Crippen molar-refractivity contribution in [1.82, 2.24) is 13.9 Å². The van der Waals surface area contributed by atoms with Crippen LogP contribution in [0.25, 0.3) is 11.0 Å². The van der Waals surface area contributed by atoms with Crippen LogP contribution in [-0.4, -0.2) is 17.6 Å². The molecular formula is C19H23N3O3S. The van der Waals surface area contributed by atoms with Crippen LogP contribution in [0.2, 0.25) is 0 Å². The first-order chi connectivity index (χ1) is 12.4. The summed E-state index contributed by atoms with van der Waals surface area (Å²) in [5, 5.41) is 0. The number of fused-ring (bicyclic) bond motifs is 1. The largest absolute Gasteiger partial charge is 0.329 e. The highest BCUT2D eigenvalue weighted by Crippen LogP contribution is 2.23. The van der Waals surface area contributed by atoms with Gasteiger partial charge >= 0.3 is 5.69 Å². The molecule has 0 aliphatic carbocycles. The van der Waals surface area contributed by atoms with Gasteiger partial charge < -0.3 is 0 Å². The van der Waals surface area contributed by atoms with Crippen molar-refractivity contribution in [3.05, 3.63) is 64.1 Å². The minimum absolute atomic E-state index is 0.115. The monoisotopic (exact) mass is 373 g/mol. The number of aromatic nitrogens is 2. The average Bonchev–Trinajstić information content (AvgIpc) is 2.89. The number of aryl methyl sites for hydroxylation is 3. The van der Waals surface area contributed by atoms with Gasteiger partial charge in [0, 0.05) is 19.6 Å². The Morgan fingerprint density at radius 2 is 1.54 bits per heavy atom. The fourth-order valence-corrected chi connectivity index (χ4v) is 4.46. The van der Waals surface area contributed by atoms with E-state index >= 15 is 0 Å². The Morgan fingerprint density at radius 1 is 0.962 bits per heavy atom. The SMILES string of the molecule is CCn1c(=O)n(CC)c2cc(S(=O)(=O)NCc3ccccc3)c(C)cc21. The van der Waals surface area contributed by atoms with Gasteiger partial charge in [-0.2, -0.15) is 0 Å². The smallest absolute Gasteiger partial charge is 0.292 e. The second kappa shape index (κ2) is 7.09. The van der Waals surface area contributed by atoms with Gasteiger partial charge in [0.25, 0.3) is 0 Å². The topological polar surface area (TPSA) is 73.1 Å². The van der Waals surface area contributed by atoms with Gasteiger partial charge in [0.05, 0.1) is 15.9 Å². The van der Waals surface area contributed by atoms with E-state index in [1.165, 1.54) is 0 Å². The summed E-state index contributed by atoms with van der Waals surface area (Å²) in [5.74, 6) is 0. The zero-order chi connectivity index (χ0) is 18.9. The standard InChI is InChI=1S/C19H23N3O3S/c1-4-21-16-11-14(3)18(12-17(16)22(5-2)19(21)23)26(24,25)20-13-15-9-7-6-8-10-15/h6-12,20H,4-5,13H2,1-3H3. The Morgan fingerprint density at radius 3 is 2.12 bits per heavy atom. The summed E-state index contributed by atoms with van der Waals surface area (Å²) < 4.78 is 31.6. The summed E-state index contributed by atoms with van der Waals surface area (Å²) in [5.41, 5.74) is 2.80. The van der Waals surface area contributed by atoms with Crippen molar-refractivity contribution >= 4 is 21.1 Å². The maximum absolute atomic E-state index is 12.8. The molecule has 7 heteroatoms. The van der Waals surface area contributed by atoms with Crippen LogP contribution in [0.3, 0.4) is 0 Å². The first-order valence-electron chi connectivity index (χ1n) is 8.66. The first-order valence-corrected chi connectivity index (χ1v) is 10.1. The van der Waals surface area contributed by atoms with Crippen LogP contribution < -0.4 is 10.4 Å². The van der Waals surface area contributed by atoms with Crippen molar-refractivity contribution in [1.29, 1.82) is 0 Å². The number of nitrogens with one attached hydrogen (secondary N) is 1. The van der Waals surface area contributed by atoms with E-state index in [0.717, 1.165) is 11.1 Å². The minimum atomic E-state index is -3.69. The third-order valence-electron chi connectivity index (χ3n) is 4.55. The van der Waals surface area contributed by atoms with Gasteiger partial charge in [0.1, 0.15) is 0 Å². The van der Waals surface area contributed by atoms with Crippen LogP contribution >= 0.6 is 0 Å². The Balaban J connectivity index is 2.07. The van der Waals surface area contributed by atoms with Crippen molar-refractivity contribution in [2.75, 3.05) is 0 Å². The molecule has 138 valence electrons. The molecule has 0 bridgehead atoms. The number of sulfonamides is 1. The van der Waals surface area contributed by atoms with Gasteiger partial charge in [-0.05, 0) is 44.0 Å². The van der Waals surface area contributed by atoms with E-state index in [1.807, 2.05) is 44.2 Å². The van der Waals surface area contributed by atoms with Crippen molar-refractivity contribution in [3.63, 3.8) is 0 Å². The zero-order valence-corrected chi connectivity index (χ0v) is 16.0. The molecule has 6 nitrogen and oxygen atoms in total. The zero-order valence-electron chi connectivity index (χ0n) is 15.2. The molecule has 1 aromatic heterocycles. The van der Waals surface area contributed by atoms with Crippen LogP contribution in [0, 0.1) is 6.92 Å². The molecule has 0 aliphatic rings. The predicted molar refractivity (Wildman–Crippen MR) is 103 cm³/mol. The number of hydrogen-bond donors (Lipinski definition) is 1. The highest BCUT2D eigenvalue weighted by Gasteiger charge is 2.21. The van der Waals surface area contributed by atoms with Gasteiger partial charge in [0.15, 0.2) is 0 Å². The Kier molecular flexibility index (Phi) is 5.02. The predicted octanol–water partition coefficient (Wildman–Crippen LogP) is 2.63. The molecule has 2 aromatic carbocycles. The van der Waals surface area contributed by atoms with Gasteiger partial charge in [0.2, 0.25) is 10.0 Å². The van der Waals surface area contributed by atoms with Gasteiger partial charge in [-0.15, -0.1) is 0 Å². The van der Waals surface area contributed by atoms with E-state index < -0.39 is 10.0 Å². The number of benzene rings is 2. The Hall–Kier alpha value is -2.38. The molecule has 0 unspecified atom stereocenters. The molecule has 0 aliphatic heterocycles. The summed E-state index contributed by atoms with van der Waals surface area (Å²) in [6.07, 6.45) is 0. The van der Waals surface area contributed by atoms with Crippen molar-refractivity contribution < 1.29 is 8.42 Å². The summed E-state index contributed by atoms with van der Waals surface area (Å²) in [7, 11) is -3.69. The molecular weight excluding hydrogens is 350 g/mol. The van der Waals surface area contributed by atoms with E-state index in [0.29, 0.717) is 24.2 Å². The Labute approximate surface area is 153 Å². The quantitative estimate of drug-likeness (QED) is 0.722. The van der Waals surface area contributed by atoms with E-state index in [-0.39, 0.29) is 17.1 Å². The van der Waals surface area contributed by atoms with Gasteiger partial charge in [-0.3, -0.25) is 9.13 Å². The normalized spacial score (nSPS) is 12.0. The molecule has 26 heavy (non-hydrogen) atoms. The molecule has 0 atom stereocenters. The fourth-order valence-electron chi connectivity index (χ4n) is 3.20. The molecule has 0 saturated heterocycles. The van der Waals surface area contributed by atoms with Crippen molar-refractivity contribution in [3.8, 4) is 0 Å². The van der Waals surface area contributed by atoms with E-state index in [9.17, 15) is 13.2 Å². The molecule has 0 radical (unpaired) electrons. The van der Waals surface area contributed by atoms with Gasteiger partial charge in [-0.25, -0.2) is 17.9 Å². The van der Waals surface area contributed by atoms with Gasteiger partial charge in [-0.1, -0.05) is 30.3 Å². The highest BCUT2D eigenvalue weighted by atomic mass is 32.2. The van der Waals surface area contributed by atoms with Crippen molar-refractivity contribution in [2.45, 2.75) is 45.3 Å². The highest BCUT2D eigenvalue weighted by molar-refractivity contribution is 7.89. The van der Waals surface area contributed by atoms with E-state index in [2.05, 4.69) is 4.72 Å². The third kappa shape index (κ3) is 3.20. The molecule has 3 aromatic rings. The minimum Gasteiger partial charge on any atom is -0.292 e.